The maximum atomic E-state index is 13.1. The van der Waals surface area contributed by atoms with Gasteiger partial charge in [-0.1, -0.05) is 31.9 Å². The van der Waals surface area contributed by atoms with Crippen molar-refractivity contribution in [1.82, 2.24) is 0 Å². The van der Waals surface area contributed by atoms with Crippen molar-refractivity contribution < 1.29 is 17.6 Å². The number of alkyl halides is 6. The van der Waals surface area contributed by atoms with E-state index < -0.39 is 24.7 Å². The summed E-state index contributed by atoms with van der Waals surface area (Å²) >= 11 is 5.58. The number of hydrogen-bond donors (Lipinski definition) is 0. The molecule has 0 saturated carbocycles. The molecule has 0 aliphatic carbocycles. The zero-order valence-corrected chi connectivity index (χ0v) is 9.27. The SMILES string of the molecule is FC(F)(F)C(F)(CCBr)CCBr. The third kappa shape index (κ3) is 3.20. The van der Waals surface area contributed by atoms with E-state index in [2.05, 4.69) is 31.9 Å². The molecule has 0 N–H and O–H groups in total. The highest BCUT2D eigenvalue weighted by molar-refractivity contribution is 9.09. The Kier molecular flexibility index (Phi) is 5.06. The van der Waals surface area contributed by atoms with Gasteiger partial charge in [0.25, 0.3) is 0 Å². The molecule has 0 aromatic rings. The molecule has 0 saturated heterocycles. The minimum Gasteiger partial charge on any atom is -0.234 e. The summed E-state index contributed by atoms with van der Waals surface area (Å²) in [7, 11) is 0. The van der Waals surface area contributed by atoms with Gasteiger partial charge in [-0.2, -0.15) is 13.2 Å². The van der Waals surface area contributed by atoms with Crippen LogP contribution in [0.3, 0.4) is 0 Å². The molecule has 0 nitrogen and oxygen atoms in total. The molecular weight excluding hydrogens is 308 g/mol. The molecule has 0 spiro atoms. The second-order valence-electron chi connectivity index (χ2n) is 2.34. The number of hydrogen-bond acceptors (Lipinski definition) is 0. The van der Waals surface area contributed by atoms with E-state index in [0.717, 1.165) is 0 Å². The molecule has 0 unspecified atom stereocenters. The second-order valence-corrected chi connectivity index (χ2v) is 3.93. The topological polar surface area (TPSA) is 0 Å². The predicted molar refractivity (Wildman–Crippen MR) is 46.7 cm³/mol. The molecule has 0 aromatic heterocycles. The first-order valence-corrected chi connectivity index (χ1v) is 5.49. The highest BCUT2D eigenvalue weighted by Gasteiger charge is 2.54. The molecule has 74 valence electrons. The quantitative estimate of drug-likeness (QED) is 0.546. The van der Waals surface area contributed by atoms with Gasteiger partial charge in [0.2, 0.25) is 5.67 Å². The summed E-state index contributed by atoms with van der Waals surface area (Å²) in [5, 5.41) is 0.0199. The summed E-state index contributed by atoms with van der Waals surface area (Å²) in [6.07, 6.45) is -5.85. The van der Waals surface area contributed by atoms with Gasteiger partial charge in [0.05, 0.1) is 0 Å². The van der Waals surface area contributed by atoms with Crippen LogP contribution in [0.25, 0.3) is 0 Å². The third-order valence-corrected chi connectivity index (χ3v) is 2.28. The fourth-order valence-corrected chi connectivity index (χ4v) is 1.96. The van der Waals surface area contributed by atoms with Crippen molar-refractivity contribution in [2.24, 2.45) is 0 Å². The first-order chi connectivity index (χ1) is 5.37. The van der Waals surface area contributed by atoms with Gasteiger partial charge >= 0.3 is 6.18 Å². The molecule has 0 rings (SSSR count). The van der Waals surface area contributed by atoms with E-state index in [4.69, 9.17) is 0 Å². The normalized spacial score (nSPS) is 13.5. The molecule has 0 amide bonds. The molecule has 0 radical (unpaired) electrons. The average Bonchev–Trinajstić information content (AvgIpc) is 1.86. The highest BCUT2D eigenvalue weighted by Crippen LogP contribution is 2.40. The molecule has 0 fully saturated rings. The van der Waals surface area contributed by atoms with Gasteiger partial charge in [-0.25, -0.2) is 4.39 Å². The van der Waals surface area contributed by atoms with Crippen LogP contribution in [-0.2, 0) is 0 Å². The average molecular weight is 316 g/mol. The minimum absolute atomic E-state index is 0.00993. The summed E-state index contributed by atoms with van der Waals surface area (Å²) in [5.41, 5.74) is -3.06. The summed E-state index contributed by atoms with van der Waals surface area (Å²) in [5.74, 6) is 0. The van der Waals surface area contributed by atoms with E-state index in [1.165, 1.54) is 0 Å². The smallest absolute Gasteiger partial charge is 0.234 e. The fraction of sp³-hybridized carbons (Fsp3) is 1.00. The number of rotatable bonds is 4. The van der Waals surface area contributed by atoms with Crippen LogP contribution in [0.1, 0.15) is 12.8 Å². The Bertz CT molecular complexity index is 128. The van der Waals surface area contributed by atoms with E-state index >= 15 is 0 Å². The Hall–Kier alpha value is 0.680. The van der Waals surface area contributed by atoms with Gasteiger partial charge < -0.3 is 0 Å². The summed E-state index contributed by atoms with van der Waals surface area (Å²) in [4.78, 5) is 0. The zero-order chi connectivity index (χ0) is 9.83. The Morgan fingerprint density at radius 3 is 1.33 bits per heavy atom. The number of halogens is 6. The zero-order valence-electron chi connectivity index (χ0n) is 6.10. The van der Waals surface area contributed by atoms with Gasteiger partial charge in [-0.3, -0.25) is 0 Å². The van der Waals surface area contributed by atoms with Crippen LogP contribution in [0.15, 0.2) is 0 Å². The van der Waals surface area contributed by atoms with E-state index in [-0.39, 0.29) is 10.7 Å². The van der Waals surface area contributed by atoms with Crippen LogP contribution in [0.4, 0.5) is 17.6 Å². The Morgan fingerprint density at radius 1 is 0.833 bits per heavy atom. The highest BCUT2D eigenvalue weighted by atomic mass is 79.9. The maximum Gasteiger partial charge on any atom is 0.422 e. The Balaban J connectivity index is 4.38. The molecule has 0 atom stereocenters. The van der Waals surface area contributed by atoms with Crippen molar-refractivity contribution in [2.45, 2.75) is 24.7 Å². The third-order valence-electron chi connectivity index (χ3n) is 1.49. The molecule has 6 heteroatoms. The molecule has 0 aliphatic heterocycles. The van der Waals surface area contributed by atoms with Crippen LogP contribution in [0.2, 0.25) is 0 Å². The monoisotopic (exact) mass is 314 g/mol. The van der Waals surface area contributed by atoms with E-state index in [1.54, 1.807) is 0 Å². The van der Waals surface area contributed by atoms with Crippen LogP contribution in [0.5, 0.6) is 0 Å². The summed E-state index contributed by atoms with van der Waals surface area (Å²) in [6.45, 7) is 0. The second kappa shape index (κ2) is 4.79. The molecule has 0 heterocycles. The van der Waals surface area contributed by atoms with E-state index in [9.17, 15) is 17.6 Å². The van der Waals surface area contributed by atoms with Gasteiger partial charge in [-0.15, -0.1) is 0 Å². The summed E-state index contributed by atoms with van der Waals surface area (Å²) < 4.78 is 49.3. The lowest BCUT2D eigenvalue weighted by molar-refractivity contribution is -0.231. The molecule has 0 aromatic carbocycles. The lowest BCUT2D eigenvalue weighted by Gasteiger charge is -2.26. The van der Waals surface area contributed by atoms with Crippen molar-refractivity contribution in [1.29, 1.82) is 0 Å². The summed E-state index contributed by atoms with van der Waals surface area (Å²) in [6, 6.07) is 0. The van der Waals surface area contributed by atoms with Crippen molar-refractivity contribution in [3.63, 3.8) is 0 Å². The Morgan fingerprint density at radius 2 is 1.17 bits per heavy atom. The lowest BCUT2D eigenvalue weighted by Crippen LogP contribution is -2.41. The first-order valence-electron chi connectivity index (χ1n) is 3.25. The Labute approximate surface area is 85.0 Å². The van der Waals surface area contributed by atoms with E-state index in [1.807, 2.05) is 0 Å². The van der Waals surface area contributed by atoms with Crippen LogP contribution < -0.4 is 0 Å². The first kappa shape index (κ1) is 12.7. The lowest BCUT2D eigenvalue weighted by atomic mass is 9.99. The fourth-order valence-electron chi connectivity index (χ4n) is 0.708. The maximum absolute atomic E-state index is 13.1. The van der Waals surface area contributed by atoms with Crippen LogP contribution in [-0.4, -0.2) is 22.5 Å². The van der Waals surface area contributed by atoms with Gasteiger partial charge in [0.1, 0.15) is 0 Å². The van der Waals surface area contributed by atoms with Gasteiger partial charge in [0.15, 0.2) is 0 Å². The molecular formula is C6H8Br2F4. The minimum atomic E-state index is -4.77. The molecule has 12 heavy (non-hydrogen) atoms. The van der Waals surface area contributed by atoms with Crippen molar-refractivity contribution in [3.8, 4) is 0 Å². The standard InChI is InChI=1S/C6H8Br2F4/c7-3-1-5(9,2-4-8)6(10,11)12/h1-4H2. The van der Waals surface area contributed by atoms with E-state index in [0.29, 0.717) is 0 Å². The van der Waals surface area contributed by atoms with Gasteiger partial charge in [-0.05, 0) is 0 Å². The van der Waals surface area contributed by atoms with Crippen LogP contribution >= 0.6 is 31.9 Å². The predicted octanol–water partition coefficient (Wildman–Crippen LogP) is 3.83. The van der Waals surface area contributed by atoms with Crippen molar-refractivity contribution >= 4 is 31.9 Å². The van der Waals surface area contributed by atoms with Crippen molar-refractivity contribution in [3.05, 3.63) is 0 Å². The molecule has 0 aliphatic rings. The largest absolute Gasteiger partial charge is 0.422 e. The van der Waals surface area contributed by atoms with Crippen LogP contribution in [0, 0.1) is 0 Å². The molecule has 0 bridgehead atoms. The van der Waals surface area contributed by atoms with Gasteiger partial charge in [0, 0.05) is 23.5 Å². The van der Waals surface area contributed by atoms with Crippen molar-refractivity contribution in [2.75, 3.05) is 10.7 Å².